The van der Waals surface area contributed by atoms with Gasteiger partial charge in [-0.1, -0.05) is 331 Å². The second-order valence-electron chi connectivity index (χ2n) is 27.5. The first-order valence-corrected chi connectivity index (χ1v) is 40.4. The lowest BCUT2D eigenvalue weighted by Crippen LogP contribution is -2.47. The molecule has 0 bridgehead atoms. The van der Waals surface area contributed by atoms with Crippen molar-refractivity contribution in [1.82, 2.24) is 5.32 Å². The van der Waals surface area contributed by atoms with Gasteiger partial charge >= 0.3 is 13.8 Å². The number of phosphoric ester groups is 1. The van der Waals surface area contributed by atoms with Gasteiger partial charge in [0.25, 0.3) is 0 Å². The minimum absolute atomic E-state index is 0.0385. The topological polar surface area (TPSA) is 111 Å². The van der Waals surface area contributed by atoms with Crippen LogP contribution in [0.25, 0.3) is 0 Å². The molecule has 0 aromatic rings. The summed E-state index contributed by atoms with van der Waals surface area (Å²) in [6.45, 7) is 7.01. The van der Waals surface area contributed by atoms with Crippen molar-refractivity contribution in [3.8, 4) is 0 Å². The van der Waals surface area contributed by atoms with Gasteiger partial charge in [0.05, 0.1) is 33.8 Å². The van der Waals surface area contributed by atoms with E-state index in [2.05, 4.69) is 99.0 Å². The molecule has 0 aliphatic heterocycles. The Hall–Kier alpha value is -2.81. The van der Waals surface area contributed by atoms with Crippen molar-refractivity contribution in [3.63, 3.8) is 0 Å². The molecule has 0 saturated carbocycles. The van der Waals surface area contributed by atoms with Gasteiger partial charge in [-0.15, -0.1) is 0 Å². The van der Waals surface area contributed by atoms with Crippen molar-refractivity contribution >= 4 is 19.7 Å². The molecule has 530 valence electrons. The van der Waals surface area contributed by atoms with Crippen molar-refractivity contribution in [2.75, 3.05) is 40.9 Å². The van der Waals surface area contributed by atoms with Crippen molar-refractivity contribution in [1.29, 1.82) is 0 Å². The number of phosphoric acid groups is 1. The fourth-order valence-electron chi connectivity index (χ4n) is 11.3. The van der Waals surface area contributed by atoms with Gasteiger partial charge in [-0.3, -0.25) is 18.6 Å². The molecule has 3 unspecified atom stereocenters. The van der Waals surface area contributed by atoms with Crippen molar-refractivity contribution in [2.45, 2.75) is 380 Å². The number of hydrogen-bond donors (Lipinski definition) is 2. The van der Waals surface area contributed by atoms with Gasteiger partial charge in [0.15, 0.2) is 0 Å². The summed E-state index contributed by atoms with van der Waals surface area (Å²) in [5, 5.41) is 3.08. The van der Waals surface area contributed by atoms with Gasteiger partial charge in [-0.25, -0.2) is 4.57 Å². The van der Waals surface area contributed by atoms with Gasteiger partial charge in [-0.05, 0) is 109 Å². The van der Waals surface area contributed by atoms with Crippen LogP contribution in [0.3, 0.4) is 0 Å². The zero-order valence-corrected chi connectivity index (χ0v) is 61.7. The molecule has 0 aromatic heterocycles. The highest BCUT2D eigenvalue weighted by Gasteiger charge is 2.30. The Kier molecular flexibility index (Phi) is 67.8. The molecular weight excluding hydrogens is 1140 g/mol. The lowest BCUT2D eigenvalue weighted by atomic mass is 10.0. The number of nitrogens with zero attached hydrogens (tertiary/aromatic N) is 1. The van der Waals surface area contributed by atoms with Crippen LogP contribution < -0.4 is 5.32 Å². The van der Waals surface area contributed by atoms with Crippen LogP contribution >= 0.6 is 7.82 Å². The molecule has 0 aliphatic carbocycles. The van der Waals surface area contributed by atoms with Crippen LogP contribution in [-0.4, -0.2) is 74.3 Å². The summed E-state index contributed by atoms with van der Waals surface area (Å²) in [7, 11) is 1.50. The molecule has 0 aromatic carbocycles. The fraction of sp³-hybridized carbons (Fsp3) is 0.802. The Bertz CT molecular complexity index is 1830. The van der Waals surface area contributed by atoms with Crippen LogP contribution in [-0.2, 0) is 27.9 Å². The quantitative estimate of drug-likeness (QED) is 0.0205. The average molecular weight is 1300 g/mol. The molecule has 2 N–H and O–H groups in total. The van der Waals surface area contributed by atoms with E-state index in [-0.39, 0.29) is 31.5 Å². The molecule has 10 heteroatoms. The third-order valence-corrected chi connectivity index (χ3v) is 18.3. The minimum Gasteiger partial charge on any atom is -0.456 e. The molecule has 0 radical (unpaired) electrons. The third-order valence-electron chi connectivity index (χ3n) is 17.3. The lowest BCUT2D eigenvalue weighted by Gasteiger charge is -2.27. The maximum Gasteiger partial charge on any atom is 0.472 e. The summed E-state index contributed by atoms with van der Waals surface area (Å²) >= 11 is 0. The third kappa shape index (κ3) is 71.3. The van der Waals surface area contributed by atoms with E-state index in [1.807, 2.05) is 33.3 Å². The van der Waals surface area contributed by atoms with Crippen LogP contribution in [0.1, 0.15) is 367 Å². The normalized spacial score (nSPS) is 13.9. The first-order chi connectivity index (χ1) is 44.4. The number of hydrogen-bond acceptors (Lipinski definition) is 6. The van der Waals surface area contributed by atoms with E-state index < -0.39 is 20.0 Å². The highest BCUT2D eigenvalue weighted by molar-refractivity contribution is 7.47. The van der Waals surface area contributed by atoms with Crippen LogP contribution in [0.5, 0.6) is 0 Å². The van der Waals surface area contributed by atoms with Crippen molar-refractivity contribution in [3.05, 3.63) is 85.1 Å². The Morgan fingerprint density at radius 2 is 0.670 bits per heavy atom. The number of ether oxygens (including phenoxy) is 1. The first kappa shape index (κ1) is 88.2. The monoisotopic (exact) mass is 1290 g/mol. The molecule has 9 nitrogen and oxygen atoms in total. The fourth-order valence-corrected chi connectivity index (χ4v) is 12.0. The molecule has 1 amide bonds. The number of allylic oxidation sites excluding steroid dienone is 13. The summed E-state index contributed by atoms with van der Waals surface area (Å²) in [6.07, 6.45) is 94.6. The molecule has 3 atom stereocenters. The molecule has 0 fully saturated rings. The number of esters is 1. The number of rotatable bonds is 71. The zero-order chi connectivity index (χ0) is 66.3. The molecule has 0 saturated heterocycles. The molecular formula is C81H150N2O7P+. The van der Waals surface area contributed by atoms with E-state index >= 15 is 0 Å². The van der Waals surface area contributed by atoms with E-state index in [0.717, 1.165) is 83.5 Å². The largest absolute Gasteiger partial charge is 0.472 e. The molecule has 0 spiro atoms. The Labute approximate surface area is 565 Å². The summed E-state index contributed by atoms with van der Waals surface area (Å²) in [5.74, 6) is -0.496. The molecule has 0 heterocycles. The van der Waals surface area contributed by atoms with E-state index in [4.69, 9.17) is 13.8 Å². The smallest absolute Gasteiger partial charge is 0.456 e. The summed E-state index contributed by atoms with van der Waals surface area (Å²) < 4.78 is 30.9. The number of carbonyl (C=O) groups is 2. The molecule has 91 heavy (non-hydrogen) atoms. The average Bonchev–Trinajstić information content (AvgIpc) is 3.73. The summed E-state index contributed by atoms with van der Waals surface area (Å²) in [4.78, 5) is 38.0. The maximum absolute atomic E-state index is 13.7. The SMILES string of the molecule is CCCCC/C=C\C/C=C\C/C=C\C/C=C\CCCCCCCCCCCCCC(=O)OC(/C=C/CCCCCCCCCCCCC)C(COP(=O)(O)OCC[N+](C)(C)C)NC(=O)CCCCCCCCCCCCCCCCC/C=C\C/C=C\CCCCC. The predicted molar refractivity (Wildman–Crippen MR) is 397 cm³/mol. The van der Waals surface area contributed by atoms with E-state index in [1.165, 1.54) is 250 Å². The predicted octanol–water partition coefficient (Wildman–Crippen LogP) is 25.2. The van der Waals surface area contributed by atoms with Gasteiger partial charge in [0.2, 0.25) is 5.91 Å². The Morgan fingerprint density at radius 3 is 1.02 bits per heavy atom. The zero-order valence-electron chi connectivity index (χ0n) is 60.8. The van der Waals surface area contributed by atoms with E-state index in [1.54, 1.807) is 0 Å². The first-order valence-electron chi connectivity index (χ1n) is 38.9. The Morgan fingerprint density at radius 1 is 0.385 bits per heavy atom. The number of likely N-dealkylation sites (N-methyl/N-ethyl adjacent to an activating group) is 1. The van der Waals surface area contributed by atoms with Crippen molar-refractivity contribution < 1.29 is 37.3 Å². The lowest BCUT2D eigenvalue weighted by molar-refractivity contribution is -0.870. The molecule has 0 aliphatic rings. The van der Waals surface area contributed by atoms with Crippen LogP contribution in [0, 0.1) is 0 Å². The van der Waals surface area contributed by atoms with Crippen LogP contribution in [0.15, 0.2) is 85.1 Å². The van der Waals surface area contributed by atoms with Gasteiger partial charge in [-0.2, -0.15) is 0 Å². The molecule has 0 rings (SSSR count). The van der Waals surface area contributed by atoms with Crippen LogP contribution in [0.4, 0.5) is 0 Å². The van der Waals surface area contributed by atoms with Gasteiger partial charge < -0.3 is 19.4 Å². The highest BCUT2D eigenvalue weighted by atomic mass is 31.2. The summed E-state index contributed by atoms with van der Waals surface area (Å²) in [5.41, 5.74) is 0. The number of unbranched alkanes of at least 4 members (excludes halogenated alkanes) is 43. The van der Waals surface area contributed by atoms with E-state index in [0.29, 0.717) is 17.4 Å². The number of amides is 1. The van der Waals surface area contributed by atoms with Crippen LogP contribution in [0.2, 0.25) is 0 Å². The Balaban J connectivity index is 5.00. The second kappa shape index (κ2) is 70.0. The highest BCUT2D eigenvalue weighted by Crippen LogP contribution is 2.43. The standard InChI is InChI=1S/C81H149N2O7P/c1-7-10-13-16-19-22-25-28-30-32-34-36-38-40-41-43-45-47-49-51-53-56-59-62-65-68-71-74-81(85)90-79(72-69-66-63-60-57-54-27-24-21-18-15-12-9-3)78(77-89-91(86,87)88-76-75-83(4,5)6)82-80(84)73-70-67-64-61-58-55-52-50-48-46-44-42-39-37-35-33-31-29-26-23-20-17-14-11-8-2/h19-20,22-23,28-31,34,36,40-41,69,72,78-79H,7-18,21,24-27,32-33,35,37-39,42-68,70-71,73-77H2,1-6H3,(H-,82,84,86,87)/p+1/b22-19-,23-20-,30-28-,31-29-,36-34-,41-40-,72-69+. The van der Waals surface area contributed by atoms with E-state index in [9.17, 15) is 19.0 Å². The second-order valence-corrected chi connectivity index (χ2v) is 29.0. The maximum atomic E-state index is 13.7. The summed E-state index contributed by atoms with van der Waals surface area (Å²) in [6, 6.07) is -0.854. The van der Waals surface area contributed by atoms with Gasteiger partial charge in [0, 0.05) is 12.8 Å². The van der Waals surface area contributed by atoms with Crippen molar-refractivity contribution in [2.24, 2.45) is 0 Å². The minimum atomic E-state index is -4.46. The number of quaternary nitrogens is 1. The van der Waals surface area contributed by atoms with Gasteiger partial charge in [0.1, 0.15) is 19.3 Å². The number of carbonyl (C=O) groups excluding carboxylic acids is 2. The number of nitrogens with one attached hydrogen (secondary N) is 1.